The third-order valence-electron chi connectivity index (χ3n) is 5.13. The molecule has 0 aromatic carbocycles. The van der Waals surface area contributed by atoms with Crippen molar-refractivity contribution in [3.8, 4) is 6.07 Å². The molecule has 0 saturated heterocycles. The van der Waals surface area contributed by atoms with Crippen molar-refractivity contribution in [2.75, 3.05) is 25.1 Å². The van der Waals surface area contributed by atoms with E-state index in [2.05, 4.69) is 27.8 Å². The van der Waals surface area contributed by atoms with E-state index in [0.717, 1.165) is 50.0 Å². The van der Waals surface area contributed by atoms with E-state index in [0.29, 0.717) is 25.1 Å². The highest BCUT2D eigenvalue weighted by molar-refractivity contribution is 5.76. The van der Waals surface area contributed by atoms with E-state index in [1.54, 1.807) is 12.4 Å². The molecule has 1 aromatic rings. The molecule has 0 unspecified atom stereocenters. The lowest BCUT2D eigenvalue weighted by Crippen LogP contribution is -2.37. The summed E-state index contributed by atoms with van der Waals surface area (Å²) in [5.74, 6) is 0.366. The molecule has 1 aliphatic heterocycles. The molecule has 6 heteroatoms. The number of carbonyl (C=O) groups is 1. The topological polar surface area (TPSA) is 87.0 Å². The number of nitrogens with one attached hydrogen (secondary N) is 2. The molecule has 2 heterocycles. The van der Waals surface area contributed by atoms with Crippen LogP contribution in [-0.4, -0.2) is 36.7 Å². The van der Waals surface area contributed by atoms with Crippen molar-refractivity contribution in [1.29, 1.82) is 5.26 Å². The average Bonchev–Trinajstić information content (AvgIpc) is 2.69. The van der Waals surface area contributed by atoms with E-state index in [9.17, 15) is 10.1 Å². The number of hydrogen-bond acceptors (Lipinski definition) is 5. The number of aromatic nitrogens is 1. The molecule has 3 rings (SSSR count). The number of nitrogens with zero attached hydrogens (tertiary/aromatic N) is 2. The Morgan fingerprint density at radius 2 is 2.27 bits per heavy atom. The zero-order valence-corrected chi connectivity index (χ0v) is 15.0. The van der Waals surface area contributed by atoms with Gasteiger partial charge >= 0.3 is 0 Å². The van der Waals surface area contributed by atoms with Gasteiger partial charge in [-0.2, -0.15) is 5.26 Å². The summed E-state index contributed by atoms with van der Waals surface area (Å²) in [5, 5.41) is 15.8. The maximum absolute atomic E-state index is 12.4. The number of pyridine rings is 1. The molecular formula is C20H26N4O2. The van der Waals surface area contributed by atoms with Gasteiger partial charge in [0.1, 0.15) is 6.07 Å². The van der Waals surface area contributed by atoms with E-state index in [1.807, 2.05) is 6.07 Å². The Balaban J connectivity index is 1.55. The number of anilines is 1. The zero-order valence-electron chi connectivity index (χ0n) is 15.0. The molecule has 0 bridgehead atoms. The van der Waals surface area contributed by atoms with Gasteiger partial charge in [0.2, 0.25) is 5.91 Å². The summed E-state index contributed by atoms with van der Waals surface area (Å²) < 4.78 is 5.41. The van der Waals surface area contributed by atoms with Crippen LogP contribution in [0, 0.1) is 17.2 Å². The zero-order chi connectivity index (χ0) is 18.2. The van der Waals surface area contributed by atoms with Crippen LogP contribution in [0.3, 0.4) is 0 Å². The third-order valence-corrected chi connectivity index (χ3v) is 5.13. The van der Waals surface area contributed by atoms with Crippen LogP contribution in [0.4, 0.5) is 5.69 Å². The summed E-state index contributed by atoms with van der Waals surface area (Å²) in [4.78, 5) is 16.4. The monoisotopic (exact) mass is 354 g/mol. The summed E-state index contributed by atoms with van der Waals surface area (Å²) in [7, 11) is 0. The van der Waals surface area contributed by atoms with E-state index in [4.69, 9.17) is 4.74 Å². The summed E-state index contributed by atoms with van der Waals surface area (Å²) in [6.07, 6.45) is 11.2. The van der Waals surface area contributed by atoms with Gasteiger partial charge in [0.05, 0.1) is 24.5 Å². The Morgan fingerprint density at radius 1 is 1.38 bits per heavy atom. The molecule has 138 valence electrons. The number of carbonyl (C=O) groups excluding carboxylic acids is 1. The van der Waals surface area contributed by atoms with Crippen LogP contribution in [0.25, 0.3) is 0 Å². The van der Waals surface area contributed by atoms with Gasteiger partial charge < -0.3 is 15.4 Å². The Bertz CT molecular complexity index is 695. The van der Waals surface area contributed by atoms with Gasteiger partial charge in [-0.1, -0.05) is 18.9 Å². The molecule has 0 spiro atoms. The highest BCUT2D eigenvalue weighted by Crippen LogP contribution is 2.30. The first-order valence-electron chi connectivity index (χ1n) is 9.39. The summed E-state index contributed by atoms with van der Waals surface area (Å²) >= 11 is 0. The molecule has 1 saturated carbocycles. The minimum atomic E-state index is 0.0883. The van der Waals surface area contributed by atoms with Crippen LogP contribution in [0.2, 0.25) is 0 Å². The Kier molecular flexibility index (Phi) is 6.62. The van der Waals surface area contributed by atoms with E-state index in [1.165, 1.54) is 0 Å². The van der Waals surface area contributed by atoms with Crippen LogP contribution in [-0.2, 0) is 9.53 Å². The van der Waals surface area contributed by atoms with Crippen LogP contribution < -0.4 is 10.6 Å². The second kappa shape index (κ2) is 9.35. The number of rotatable bonds is 6. The number of amides is 1. The first kappa shape index (κ1) is 18.4. The van der Waals surface area contributed by atoms with Gasteiger partial charge in [-0.3, -0.25) is 9.78 Å². The van der Waals surface area contributed by atoms with Crippen LogP contribution in [0.1, 0.15) is 44.1 Å². The Hall–Kier alpha value is -2.39. The fraction of sp³-hybridized carbons (Fsp3) is 0.550. The predicted octanol–water partition coefficient (Wildman–Crippen LogP) is 2.78. The van der Waals surface area contributed by atoms with Crippen molar-refractivity contribution < 1.29 is 9.53 Å². The maximum atomic E-state index is 12.4. The lowest BCUT2D eigenvalue weighted by molar-refractivity contribution is -0.122. The van der Waals surface area contributed by atoms with Crippen molar-refractivity contribution in [2.24, 2.45) is 5.92 Å². The lowest BCUT2D eigenvalue weighted by atomic mass is 9.82. The van der Waals surface area contributed by atoms with Crippen molar-refractivity contribution in [3.63, 3.8) is 0 Å². The first-order valence-corrected chi connectivity index (χ1v) is 9.39. The predicted molar refractivity (Wildman–Crippen MR) is 99.5 cm³/mol. The highest BCUT2D eigenvalue weighted by atomic mass is 16.5. The van der Waals surface area contributed by atoms with Crippen LogP contribution in [0.5, 0.6) is 0 Å². The smallest absolute Gasteiger partial charge is 0.220 e. The number of ether oxygens (including phenoxy) is 1. The minimum Gasteiger partial charge on any atom is -0.381 e. The number of hydrogen-bond donors (Lipinski definition) is 2. The summed E-state index contributed by atoms with van der Waals surface area (Å²) in [6.45, 7) is 1.96. The molecule has 1 aromatic heterocycles. The van der Waals surface area contributed by atoms with Gasteiger partial charge in [-0.15, -0.1) is 0 Å². The number of nitriles is 1. The Labute approximate surface area is 154 Å². The van der Waals surface area contributed by atoms with Crippen molar-refractivity contribution in [3.05, 3.63) is 35.7 Å². The summed E-state index contributed by atoms with van der Waals surface area (Å²) in [5.41, 5.74) is 2.51. The largest absolute Gasteiger partial charge is 0.381 e. The SMILES string of the molecule is N#Cc1cnccc1N[C@H]1CCCC[C@H]1CC(=O)NCC1=CCCOC1. The fourth-order valence-corrected chi connectivity index (χ4v) is 3.71. The molecule has 2 N–H and O–H groups in total. The lowest BCUT2D eigenvalue weighted by Gasteiger charge is -2.33. The molecule has 1 fully saturated rings. The first-order chi connectivity index (χ1) is 12.8. The molecular weight excluding hydrogens is 328 g/mol. The Morgan fingerprint density at radius 3 is 3.08 bits per heavy atom. The van der Waals surface area contributed by atoms with E-state index < -0.39 is 0 Å². The molecule has 2 aliphatic rings. The summed E-state index contributed by atoms with van der Waals surface area (Å²) in [6, 6.07) is 4.22. The molecule has 0 radical (unpaired) electrons. The van der Waals surface area contributed by atoms with Crippen molar-refractivity contribution >= 4 is 11.6 Å². The molecule has 6 nitrogen and oxygen atoms in total. The van der Waals surface area contributed by atoms with Gasteiger partial charge in [-0.05, 0) is 36.8 Å². The van der Waals surface area contributed by atoms with Gasteiger partial charge in [0.15, 0.2) is 0 Å². The normalized spacial score (nSPS) is 22.8. The second-order valence-corrected chi connectivity index (χ2v) is 7.01. The fourth-order valence-electron chi connectivity index (χ4n) is 3.71. The maximum Gasteiger partial charge on any atom is 0.220 e. The molecule has 2 atom stereocenters. The van der Waals surface area contributed by atoms with Gasteiger partial charge in [-0.25, -0.2) is 0 Å². The minimum absolute atomic E-state index is 0.0883. The third kappa shape index (κ3) is 5.06. The van der Waals surface area contributed by atoms with Crippen molar-refractivity contribution in [1.82, 2.24) is 10.3 Å². The van der Waals surface area contributed by atoms with Crippen LogP contribution >= 0.6 is 0 Å². The molecule has 26 heavy (non-hydrogen) atoms. The van der Waals surface area contributed by atoms with Gasteiger partial charge in [0.25, 0.3) is 0 Å². The quantitative estimate of drug-likeness (QED) is 0.767. The highest BCUT2D eigenvalue weighted by Gasteiger charge is 2.27. The van der Waals surface area contributed by atoms with Crippen LogP contribution in [0.15, 0.2) is 30.1 Å². The van der Waals surface area contributed by atoms with E-state index in [-0.39, 0.29) is 17.9 Å². The van der Waals surface area contributed by atoms with E-state index >= 15 is 0 Å². The average molecular weight is 354 g/mol. The molecule has 1 amide bonds. The van der Waals surface area contributed by atoms with Gasteiger partial charge in [0, 0.05) is 31.4 Å². The molecule has 1 aliphatic carbocycles. The van der Waals surface area contributed by atoms with Crippen molar-refractivity contribution in [2.45, 2.75) is 44.6 Å². The second-order valence-electron chi connectivity index (χ2n) is 7.01. The standard InChI is InChI=1S/C20H26N4O2/c21-11-17-13-22-8-7-19(17)24-18-6-2-1-5-16(18)10-20(25)23-12-15-4-3-9-26-14-15/h4,7-8,13,16,18H,1-3,5-6,9-10,12,14H2,(H,22,24)(H,23,25)/t16-,18-/m0/s1.